The minimum absolute atomic E-state index is 0.0228. The van der Waals surface area contributed by atoms with Crippen molar-refractivity contribution in [2.45, 2.75) is 70.1 Å². The van der Waals surface area contributed by atoms with Crippen LogP contribution in [0.4, 0.5) is 0 Å². The van der Waals surface area contributed by atoms with Gasteiger partial charge in [-0.1, -0.05) is 61.8 Å². The van der Waals surface area contributed by atoms with Gasteiger partial charge in [0, 0.05) is 11.5 Å². The van der Waals surface area contributed by atoms with Gasteiger partial charge in [0.1, 0.15) is 11.5 Å². The highest BCUT2D eigenvalue weighted by Gasteiger charge is 2.34. The molecule has 35 heavy (non-hydrogen) atoms. The van der Waals surface area contributed by atoms with Gasteiger partial charge in [-0.2, -0.15) is 0 Å². The summed E-state index contributed by atoms with van der Waals surface area (Å²) in [4.78, 5) is 13.3. The molecule has 1 amide bonds. The van der Waals surface area contributed by atoms with Crippen LogP contribution in [0.3, 0.4) is 0 Å². The Morgan fingerprint density at radius 2 is 1.86 bits per heavy atom. The molecule has 0 bridgehead atoms. The maximum absolute atomic E-state index is 13.4. The van der Waals surface area contributed by atoms with Gasteiger partial charge < -0.3 is 10.2 Å². The van der Waals surface area contributed by atoms with Crippen LogP contribution >= 0.6 is 0 Å². The van der Waals surface area contributed by atoms with E-state index in [4.69, 9.17) is 0 Å². The standard InChI is InChI=1S/C28H35NO5S/c1-5-6-8-11-20-17-24(30)26(23-16-19(4)14-15-22(23)18(2)3)27(31)25(20)28(32)29-35(33,34)21-12-9-7-10-13-21/h7,9-10,12-13,16-17,22-23,30-31H,2,5-6,8,11,14-15H2,1,3-4H3,(H,29,32). The number of carbonyl (C=O) groups excluding carboxylic acids is 1. The number of rotatable bonds is 9. The molecule has 0 spiro atoms. The van der Waals surface area contributed by atoms with Gasteiger partial charge in [0.15, 0.2) is 0 Å². The summed E-state index contributed by atoms with van der Waals surface area (Å²) in [5.74, 6) is -1.78. The molecule has 2 aromatic rings. The van der Waals surface area contributed by atoms with Crippen LogP contribution in [0.5, 0.6) is 11.5 Å². The molecule has 188 valence electrons. The van der Waals surface area contributed by atoms with E-state index in [2.05, 4.69) is 11.3 Å². The van der Waals surface area contributed by atoms with Crippen molar-refractivity contribution in [2.24, 2.45) is 5.92 Å². The lowest BCUT2D eigenvalue weighted by Crippen LogP contribution is -2.31. The first kappa shape index (κ1) is 26.5. The third-order valence-electron chi connectivity index (χ3n) is 6.67. The Kier molecular flexibility index (Phi) is 8.43. The van der Waals surface area contributed by atoms with Crippen molar-refractivity contribution in [3.05, 3.63) is 76.9 Å². The van der Waals surface area contributed by atoms with Gasteiger partial charge in [0.05, 0.1) is 10.5 Å². The van der Waals surface area contributed by atoms with Crippen LogP contribution in [0.2, 0.25) is 0 Å². The van der Waals surface area contributed by atoms with Gasteiger partial charge >= 0.3 is 0 Å². The van der Waals surface area contributed by atoms with Crippen LogP contribution in [0.25, 0.3) is 0 Å². The first-order chi connectivity index (χ1) is 16.6. The van der Waals surface area contributed by atoms with Gasteiger partial charge in [-0.3, -0.25) is 4.79 Å². The number of nitrogens with one attached hydrogen (secondary N) is 1. The lowest BCUT2D eigenvalue weighted by Gasteiger charge is -2.32. The van der Waals surface area contributed by atoms with Crippen LogP contribution in [-0.4, -0.2) is 24.5 Å². The molecule has 0 heterocycles. The predicted octanol–water partition coefficient (Wildman–Crippen LogP) is 5.97. The molecule has 6 nitrogen and oxygen atoms in total. The van der Waals surface area contributed by atoms with Crippen LogP contribution < -0.4 is 4.72 Å². The number of amides is 1. The largest absolute Gasteiger partial charge is 0.507 e. The minimum atomic E-state index is -4.15. The third-order valence-corrected chi connectivity index (χ3v) is 8.02. The summed E-state index contributed by atoms with van der Waals surface area (Å²) < 4.78 is 27.8. The van der Waals surface area contributed by atoms with E-state index in [-0.39, 0.29) is 39.4 Å². The molecule has 0 fully saturated rings. The van der Waals surface area contributed by atoms with Gasteiger partial charge in [0.2, 0.25) is 0 Å². The first-order valence-electron chi connectivity index (χ1n) is 12.1. The minimum Gasteiger partial charge on any atom is -0.507 e. The van der Waals surface area contributed by atoms with Crippen LogP contribution in [-0.2, 0) is 16.4 Å². The average Bonchev–Trinajstić information content (AvgIpc) is 2.79. The summed E-state index contributed by atoms with van der Waals surface area (Å²) in [5, 5.41) is 22.4. The van der Waals surface area contributed by atoms with Crippen molar-refractivity contribution < 1.29 is 23.4 Å². The number of aryl methyl sites for hydroxylation is 1. The van der Waals surface area contributed by atoms with E-state index in [0.717, 1.165) is 43.3 Å². The molecular formula is C28H35NO5S. The second-order valence-electron chi connectivity index (χ2n) is 9.43. The number of phenolic OH excluding ortho intramolecular Hbond substituents is 2. The second-order valence-corrected chi connectivity index (χ2v) is 11.1. The van der Waals surface area contributed by atoms with Crippen molar-refractivity contribution in [2.75, 3.05) is 0 Å². The van der Waals surface area contributed by atoms with Gasteiger partial charge in [-0.25, -0.2) is 13.1 Å². The van der Waals surface area contributed by atoms with Crippen LogP contribution in [0, 0.1) is 5.92 Å². The molecule has 2 aromatic carbocycles. The Morgan fingerprint density at radius 3 is 2.49 bits per heavy atom. The van der Waals surface area contributed by atoms with Gasteiger partial charge in [-0.15, -0.1) is 0 Å². The van der Waals surface area contributed by atoms with E-state index in [1.54, 1.807) is 18.2 Å². The third kappa shape index (κ3) is 5.96. The van der Waals surface area contributed by atoms with E-state index >= 15 is 0 Å². The summed E-state index contributed by atoms with van der Waals surface area (Å²) >= 11 is 0. The summed E-state index contributed by atoms with van der Waals surface area (Å²) in [7, 11) is -4.15. The topological polar surface area (TPSA) is 104 Å². The fourth-order valence-corrected chi connectivity index (χ4v) is 5.78. The number of benzene rings is 2. The lowest BCUT2D eigenvalue weighted by atomic mass is 9.73. The van der Waals surface area contributed by atoms with E-state index < -0.39 is 15.9 Å². The number of allylic oxidation sites excluding steroid dienone is 3. The van der Waals surface area contributed by atoms with E-state index in [0.29, 0.717) is 12.0 Å². The summed E-state index contributed by atoms with van der Waals surface area (Å²) in [5.41, 5.74) is 2.59. The van der Waals surface area contributed by atoms with E-state index in [1.165, 1.54) is 18.2 Å². The normalized spacial score (nSPS) is 18.1. The van der Waals surface area contributed by atoms with Gasteiger partial charge in [-0.05, 0) is 69.2 Å². The molecule has 7 heteroatoms. The summed E-state index contributed by atoms with van der Waals surface area (Å²) in [6.45, 7) is 10.1. The Bertz CT molecular complexity index is 1230. The highest BCUT2D eigenvalue weighted by atomic mass is 32.2. The Balaban J connectivity index is 2.13. The fraction of sp³-hybridized carbons (Fsp3) is 0.393. The lowest BCUT2D eigenvalue weighted by molar-refractivity contribution is 0.0977. The average molecular weight is 498 g/mol. The number of hydrogen-bond donors (Lipinski definition) is 3. The van der Waals surface area contributed by atoms with E-state index in [1.807, 2.05) is 26.8 Å². The zero-order chi connectivity index (χ0) is 25.8. The first-order valence-corrected chi connectivity index (χ1v) is 13.6. The zero-order valence-electron chi connectivity index (χ0n) is 20.7. The van der Waals surface area contributed by atoms with Crippen molar-refractivity contribution in [3.63, 3.8) is 0 Å². The molecule has 0 saturated heterocycles. The monoisotopic (exact) mass is 497 g/mol. The number of phenols is 2. The number of unbranched alkanes of at least 4 members (excludes halogenated alkanes) is 2. The number of aromatic hydroxyl groups is 2. The Labute approximate surface area is 208 Å². The highest BCUT2D eigenvalue weighted by Crippen LogP contribution is 2.48. The van der Waals surface area contributed by atoms with Crippen molar-refractivity contribution in [1.82, 2.24) is 4.72 Å². The second kappa shape index (κ2) is 11.1. The molecule has 2 unspecified atom stereocenters. The summed E-state index contributed by atoms with van der Waals surface area (Å²) in [6, 6.07) is 9.12. The highest BCUT2D eigenvalue weighted by molar-refractivity contribution is 7.90. The van der Waals surface area contributed by atoms with Crippen molar-refractivity contribution >= 4 is 15.9 Å². The fourth-order valence-electron chi connectivity index (χ4n) is 4.81. The molecular weight excluding hydrogens is 462 g/mol. The maximum atomic E-state index is 13.4. The Morgan fingerprint density at radius 1 is 1.17 bits per heavy atom. The number of sulfonamides is 1. The molecule has 0 aromatic heterocycles. The molecule has 1 aliphatic rings. The van der Waals surface area contributed by atoms with Gasteiger partial charge in [0.25, 0.3) is 15.9 Å². The predicted molar refractivity (Wildman–Crippen MR) is 138 cm³/mol. The molecule has 1 aliphatic carbocycles. The number of hydrogen-bond acceptors (Lipinski definition) is 5. The molecule has 3 N–H and O–H groups in total. The summed E-state index contributed by atoms with van der Waals surface area (Å²) in [6.07, 6.45) is 6.69. The molecule has 0 radical (unpaired) electrons. The van der Waals surface area contributed by atoms with Crippen molar-refractivity contribution in [1.29, 1.82) is 0 Å². The molecule has 3 rings (SSSR count). The quantitative estimate of drug-likeness (QED) is 0.293. The molecule has 2 atom stereocenters. The van der Waals surface area contributed by atoms with Crippen LogP contribution in [0.15, 0.2) is 65.1 Å². The molecule has 0 saturated carbocycles. The molecule has 0 aliphatic heterocycles. The van der Waals surface area contributed by atoms with Crippen molar-refractivity contribution in [3.8, 4) is 11.5 Å². The Hall–Kier alpha value is -3.06. The van der Waals surface area contributed by atoms with E-state index in [9.17, 15) is 23.4 Å². The smallest absolute Gasteiger partial charge is 0.269 e. The van der Waals surface area contributed by atoms with Crippen LogP contribution in [0.1, 0.15) is 80.3 Å². The maximum Gasteiger partial charge on any atom is 0.269 e. The SMILES string of the molecule is C=C(C)C1CCC(C)=CC1c1c(O)cc(CCCCC)c(C(=O)NS(=O)(=O)c2ccccc2)c1O. The number of carbonyl (C=O) groups is 1. The zero-order valence-corrected chi connectivity index (χ0v) is 21.5.